The Balaban J connectivity index is 0.000000561. The number of hydrogen-bond donors (Lipinski definition) is 0. The maximum atomic E-state index is 5.30. The zero-order chi connectivity index (χ0) is 9.40. The van der Waals surface area contributed by atoms with E-state index in [2.05, 4.69) is 11.9 Å². The van der Waals surface area contributed by atoms with E-state index >= 15 is 0 Å². The molecule has 0 aromatic heterocycles. The van der Waals surface area contributed by atoms with Gasteiger partial charge in [0.05, 0.1) is 6.10 Å². The fraction of sp³-hybridized carbons (Fsp3) is 1.00. The van der Waals surface area contributed by atoms with Crippen molar-refractivity contribution >= 4 is 0 Å². The molecule has 1 fully saturated rings. The molecule has 0 aliphatic carbocycles. The van der Waals surface area contributed by atoms with Gasteiger partial charge in [0.1, 0.15) is 0 Å². The van der Waals surface area contributed by atoms with Crippen LogP contribution in [-0.4, -0.2) is 38.3 Å². The summed E-state index contributed by atoms with van der Waals surface area (Å²) in [5.74, 6) is 0. The third-order valence-corrected chi connectivity index (χ3v) is 2.16. The first kappa shape index (κ1) is 11.9. The zero-order valence-corrected chi connectivity index (χ0v) is 8.97. The van der Waals surface area contributed by atoms with Crippen LogP contribution in [0.5, 0.6) is 0 Å². The first-order valence-electron chi connectivity index (χ1n) is 5.04. The minimum Gasteiger partial charge on any atom is -0.380 e. The second-order valence-corrected chi connectivity index (χ2v) is 3.12. The topological polar surface area (TPSA) is 12.5 Å². The van der Waals surface area contributed by atoms with E-state index < -0.39 is 0 Å². The lowest BCUT2D eigenvalue weighted by atomic mass is 10.2. The van der Waals surface area contributed by atoms with E-state index in [9.17, 15) is 0 Å². The van der Waals surface area contributed by atoms with Crippen molar-refractivity contribution in [2.24, 2.45) is 0 Å². The first-order chi connectivity index (χ1) is 5.83. The molecule has 0 aromatic carbocycles. The van der Waals surface area contributed by atoms with E-state index in [1.807, 2.05) is 21.0 Å². The highest BCUT2D eigenvalue weighted by molar-refractivity contribution is 4.67. The SMILES string of the molecule is CC.COC1CCCCN(C)C1. The second kappa shape index (κ2) is 7.56. The molecule has 1 rings (SSSR count). The van der Waals surface area contributed by atoms with Crippen molar-refractivity contribution in [1.29, 1.82) is 0 Å². The molecule has 0 spiro atoms. The fourth-order valence-corrected chi connectivity index (χ4v) is 1.48. The van der Waals surface area contributed by atoms with Crippen LogP contribution in [0.3, 0.4) is 0 Å². The van der Waals surface area contributed by atoms with Gasteiger partial charge in [-0.15, -0.1) is 0 Å². The Morgan fingerprint density at radius 2 is 1.92 bits per heavy atom. The third-order valence-electron chi connectivity index (χ3n) is 2.16. The molecule has 0 saturated carbocycles. The predicted molar refractivity (Wildman–Crippen MR) is 53.5 cm³/mol. The highest BCUT2D eigenvalue weighted by Gasteiger charge is 2.13. The van der Waals surface area contributed by atoms with Gasteiger partial charge in [0, 0.05) is 13.7 Å². The molecule has 12 heavy (non-hydrogen) atoms. The Morgan fingerprint density at radius 1 is 1.25 bits per heavy atom. The smallest absolute Gasteiger partial charge is 0.0698 e. The molecule has 0 N–H and O–H groups in total. The molecule has 1 heterocycles. The Hall–Kier alpha value is -0.0800. The van der Waals surface area contributed by atoms with Gasteiger partial charge in [0.15, 0.2) is 0 Å². The number of likely N-dealkylation sites (tertiary alicyclic amines) is 1. The van der Waals surface area contributed by atoms with E-state index in [4.69, 9.17) is 4.74 Å². The van der Waals surface area contributed by atoms with Crippen molar-refractivity contribution in [1.82, 2.24) is 4.90 Å². The molecule has 0 radical (unpaired) electrons. The van der Waals surface area contributed by atoms with Crippen molar-refractivity contribution in [3.63, 3.8) is 0 Å². The van der Waals surface area contributed by atoms with Crippen LogP contribution >= 0.6 is 0 Å². The largest absolute Gasteiger partial charge is 0.380 e. The summed E-state index contributed by atoms with van der Waals surface area (Å²) in [5.41, 5.74) is 0. The van der Waals surface area contributed by atoms with Gasteiger partial charge >= 0.3 is 0 Å². The van der Waals surface area contributed by atoms with Crippen molar-refractivity contribution < 1.29 is 4.74 Å². The molecule has 74 valence electrons. The van der Waals surface area contributed by atoms with E-state index in [0.717, 1.165) is 6.54 Å². The summed E-state index contributed by atoms with van der Waals surface area (Å²) in [5, 5.41) is 0. The number of rotatable bonds is 1. The average Bonchev–Trinajstić information content (AvgIpc) is 2.33. The molecule has 0 bridgehead atoms. The molecule has 1 atom stereocenters. The highest BCUT2D eigenvalue weighted by Crippen LogP contribution is 2.10. The van der Waals surface area contributed by atoms with Gasteiger partial charge in [0.2, 0.25) is 0 Å². The summed E-state index contributed by atoms with van der Waals surface area (Å²) in [6, 6.07) is 0. The minimum absolute atomic E-state index is 0.479. The second-order valence-electron chi connectivity index (χ2n) is 3.12. The maximum Gasteiger partial charge on any atom is 0.0698 e. The molecule has 1 saturated heterocycles. The van der Waals surface area contributed by atoms with Crippen LogP contribution in [0.4, 0.5) is 0 Å². The van der Waals surface area contributed by atoms with Gasteiger partial charge in [-0.2, -0.15) is 0 Å². The molecule has 2 nitrogen and oxygen atoms in total. The summed E-state index contributed by atoms with van der Waals surface area (Å²) in [6.07, 6.45) is 4.37. The lowest BCUT2D eigenvalue weighted by Gasteiger charge is -2.17. The van der Waals surface area contributed by atoms with Crippen LogP contribution in [-0.2, 0) is 4.74 Å². The van der Waals surface area contributed by atoms with Crippen LogP contribution in [0.15, 0.2) is 0 Å². The van der Waals surface area contributed by atoms with E-state index in [1.165, 1.54) is 25.8 Å². The van der Waals surface area contributed by atoms with Gasteiger partial charge in [0.25, 0.3) is 0 Å². The first-order valence-corrected chi connectivity index (χ1v) is 5.04. The van der Waals surface area contributed by atoms with E-state index in [0.29, 0.717) is 6.10 Å². The van der Waals surface area contributed by atoms with Crippen LogP contribution in [0.1, 0.15) is 33.1 Å². The van der Waals surface area contributed by atoms with Crippen molar-refractivity contribution in [3.05, 3.63) is 0 Å². The standard InChI is InChI=1S/C8H17NO.C2H6/c1-9-6-4-3-5-8(7-9)10-2;1-2/h8H,3-7H2,1-2H3;1-2H3. The van der Waals surface area contributed by atoms with Crippen LogP contribution < -0.4 is 0 Å². The van der Waals surface area contributed by atoms with E-state index in [-0.39, 0.29) is 0 Å². The lowest BCUT2D eigenvalue weighted by Crippen LogP contribution is -2.28. The number of ether oxygens (including phenoxy) is 1. The van der Waals surface area contributed by atoms with Crippen molar-refractivity contribution in [2.75, 3.05) is 27.2 Å². The molecular formula is C10H23NO. The molecule has 0 aromatic rings. The average molecular weight is 173 g/mol. The molecule has 2 heteroatoms. The van der Waals surface area contributed by atoms with Crippen LogP contribution in [0.25, 0.3) is 0 Å². The Labute approximate surface area is 76.9 Å². The maximum absolute atomic E-state index is 5.30. The van der Waals surface area contributed by atoms with Gasteiger partial charge in [-0.25, -0.2) is 0 Å². The van der Waals surface area contributed by atoms with Gasteiger partial charge in [-0.05, 0) is 32.9 Å². The predicted octanol–water partition coefficient (Wildman–Crippen LogP) is 2.14. The highest BCUT2D eigenvalue weighted by atomic mass is 16.5. The normalized spacial score (nSPS) is 25.5. The monoisotopic (exact) mass is 173 g/mol. The number of nitrogens with zero attached hydrogens (tertiary/aromatic N) is 1. The third kappa shape index (κ3) is 4.73. The fourth-order valence-electron chi connectivity index (χ4n) is 1.48. The Kier molecular flexibility index (Phi) is 7.51. The summed E-state index contributed by atoms with van der Waals surface area (Å²) in [4.78, 5) is 2.35. The van der Waals surface area contributed by atoms with Gasteiger partial charge in [-0.1, -0.05) is 13.8 Å². The number of likely N-dealkylation sites (N-methyl/N-ethyl adjacent to an activating group) is 1. The van der Waals surface area contributed by atoms with Crippen molar-refractivity contribution in [2.45, 2.75) is 39.2 Å². The van der Waals surface area contributed by atoms with Gasteiger partial charge < -0.3 is 9.64 Å². The van der Waals surface area contributed by atoms with Crippen LogP contribution in [0.2, 0.25) is 0 Å². The molecule has 1 unspecified atom stereocenters. The van der Waals surface area contributed by atoms with E-state index in [1.54, 1.807) is 0 Å². The summed E-state index contributed by atoms with van der Waals surface area (Å²) in [7, 11) is 3.97. The Morgan fingerprint density at radius 3 is 2.50 bits per heavy atom. The molecule has 0 amide bonds. The zero-order valence-electron chi connectivity index (χ0n) is 8.97. The summed E-state index contributed by atoms with van der Waals surface area (Å²) in [6.45, 7) is 6.34. The lowest BCUT2D eigenvalue weighted by molar-refractivity contribution is 0.0757. The molecule has 1 aliphatic heterocycles. The summed E-state index contributed by atoms with van der Waals surface area (Å²) < 4.78 is 5.30. The Bertz CT molecular complexity index is 95.8. The van der Waals surface area contributed by atoms with Crippen LogP contribution in [0, 0.1) is 0 Å². The van der Waals surface area contributed by atoms with Crippen molar-refractivity contribution in [3.8, 4) is 0 Å². The summed E-state index contributed by atoms with van der Waals surface area (Å²) >= 11 is 0. The number of hydrogen-bond acceptors (Lipinski definition) is 2. The molecule has 1 aliphatic rings. The minimum atomic E-state index is 0.479. The quantitative estimate of drug-likeness (QED) is 0.602. The molecular weight excluding hydrogens is 150 g/mol. The van der Waals surface area contributed by atoms with Gasteiger partial charge in [-0.3, -0.25) is 0 Å². The number of methoxy groups -OCH3 is 1.